The zero-order chi connectivity index (χ0) is 22.8. The van der Waals surface area contributed by atoms with Crippen LogP contribution in [-0.2, 0) is 0 Å². The molecular formula is C30H54. The lowest BCUT2D eigenvalue weighted by atomic mass is 10.0. The van der Waals surface area contributed by atoms with Crippen LogP contribution in [0.15, 0.2) is 46.6 Å². The third kappa shape index (κ3) is 20.2. The lowest BCUT2D eigenvalue weighted by molar-refractivity contribution is 0.554. The van der Waals surface area contributed by atoms with Crippen LogP contribution in [0.1, 0.15) is 132 Å². The average Bonchev–Trinajstić information content (AvgIpc) is 2.64. The van der Waals surface area contributed by atoms with Crippen molar-refractivity contribution in [3.63, 3.8) is 0 Å². The van der Waals surface area contributed by atoms with E-state index in [0.29, 0.717) is 0 Å². The number of hydrogen-bond acceptors (Lipinski definition) is 0. The highest BCUT2D eigenvalue weighted by atomic mass is 14.0. The third-order valence-electron chi connectivity index (χ3n) is 5.92. The minimum Gasteiger partial charge on any atom is -0.0853 e. The van der Waals surface area contributed by atoms with Crippen LogP contribution in [0.2, 0.25) is 0 Å². The van der Waals surface area contributed by atoms with E-state index in [9.17, 15) is 0 Å². The molecule has 0 aliphatic carbocycles. The number of rotatable bonds is 17. The van der Waals surface area contributed by atoms with Gasteiger partial charge in [-0.25, -0.2) is 0 Å². The fraction of sp³-hybridized carbons (Fsp3) is 0.733. The highest BCUT2D eigenvalue weighted by molar-refractivity contribution is 5.06. The standard InChI is InChI=1S/C30H54/c1-25(2)15-11-19-29(7)23-13-21-27(5)17-9-10-18-28(6)22-14-24-30(8)20-12-16-26(3)4/h17-18,23-26H,9-16,19-22H2,1-8H3/b27-17+,28-18+,29-23-,30-24+. The molecule has 0 nitrogen and oxygen atoms in total. The van der Waals surface area contributed by atoms with Gasteiger partial charge >= 0.3 is 0 Å². The summed E-state index contributed by atoms with van der Waals surface area (Å²) in [5, 5.41) is 0. The van der Waals surface area contributed by atoms with Crippen LogP contribution < -0.4 is 0 Å². The van der Waals surface area contributed by atoms with Crippen molar-refractivity contribution in [2.45, 2.75) is 132 Å². The van der Waals surface area contributed by atoms with Crippen LogP contribution in [0, 0.1) is 11.8 Å². The second-order valence-electron chi connectivity index (χ2n) is 10.4. The molecule has 0 saturated carbocycles. The number of unbranched alkanes of at least 4 members (excludes halogenated alkanes) is 1. The molecular weight excluding hydrogens is 360 g/mol. The Morgan fingerprint density at radius 2 is 0.767 bits per heavy atom. The normalized spacial score (nSPS) is 14.3. The topological polar surface area (TPSA) is 0 Å². The van der Waals surface area contributed by atoms with E-state index in [4.69, 9.17) is 0 Å². The summed E-state index contributed by atoms with van der Waals surface area (Å²) in [7, 11) is 0. The van der Waals surface area contributed by atoms with Crippen LogP contribution >= 0.6 is 0 Å². The second kappa shape index (κ2) is 18.7. The Kier molecular flexibility index (Phi) is 18.1. The molecule has 0 amide bonds. The van der Waals surface area contributed by atoms with Crippen LogP contribution in [0.25, 0.3) is 0 Å². The lowest BCUT2D eigenvalue weighted by Gasteiger charge is -2.05. The van der Waals surface area contributed by atoms with Crippen LogP contribution in [-0.4, -0.2) is 0 Å². The van der Waals surface area contributed by atoms with Gasteiger partial charge in [0.1, 0.15) is 0 Å². The largest absolute Gasteiger partial charge is 0.0853 e. The Balaban J connectivity index is 3.97. The highest BCUT2D eigenvalue weighted by Crippen LogP contribution is 2.16. The summed E-state index contributed by atoms with van der Waals surface area (Å²) in [6.07, 6.45) is 25.0. The molecule has 0 rings (SSSR count). The zero-order valence-electron chi connectivity index (χ0n) is 21.9. The van der Waals surface area contributed by atoms with E-state index in [1.54, 1.807) is 22.3 Å². The van der Waals surface area contributed by atoms with Crippen LogP contribution in [0.5, 0.6) is 0 Å². The van der Waals surface area contributed by atoms with Crippen molar-refractivity contribution in [2.75, 3.05) is 0 Å². The monoisotopic (exact) mass is 414 g/mol. The van der Waals surface area contributed by atoms with Gasteiger partial charge in [-0.3, -0.25) is 0 Å². The molecule has 0 N–H and O–H groups in total. The molecule has 0 heterocycles. The molecule has 0 unspecified atom stereocenters. The second-order valence-corrected chi connectivity index (χ2v) is 10.4. The first-order valence-electron chi connectivity index (χ1n) is 12.8. The molecule has 0 radical (unpaired) electrons. The Morgan fingerprint density at radius 1 is 0.467 bits per heavy atom. The van der Waals surface area contributed by atoms with Crippen molar-refractivity contribution < 1.29 is 0 Å². The van der Waals surface area contributed by atoms with Crippen molar-refractivity contribution >= 4 is 0 Å². The van der Waals surface area contributed by atoms with Gasteiger partial charge in [-0.05, 0) is 104 Å². The van der Waals surface area contributed by atoms with E-state index in [-0.39, 0.29) is 0 Å². The summed E-state index contributed by atoms with van der Waals surface area (Å²) in [6.45, 7) is 18.5. The van der Waals surface area contributed by atoms with E-state index < -0.39 is 0 Å². The maximum absolute atomic E-state index is 2.46. The molecule has 0 aliphatic rings. The summed E-state index contributed by atoms with van der Waals surface area (Å²) < 4.78 is 0. The fourth-order valence-electron chi connectivity index (χ4n) is 3.74. The smallest absolute Gasteiger partial charge is 0.0288 e. The van der Waals surface area contributed by atoms with E-state index in [2.05, 4.69) is 79.7 Å². The molecule has 0 bridgehead atoms. The molecule has 30 heavy (non-hydrogen) atoms. The molecule has 0 saturated heterocycles. The van der Waals surface area contributed by atoms with Gasteiger partial charge in [-0.15, -0.1) is 0 Å². The summed E-state index contributed by atoms with van der Waals surface area (Å²) in [6, 6.07) is 0. The van der Waals surface area contributed by atoms with Gasteiger partial charge in [0.15, 0.2) is 0 Å². The van der Waals surface area contributed by atoms with Gasteiger partial charge in [0.05, 0.1) is 0 Å². The molecule has 0 aromatic heterocycles. The summed E-state index contributed by atoms with van der Waals surface area (Å²) in [5.74, 6) is 1.67. The Labute approximate surface area is 191 Å². The average molecular weight is 415 g/mol. The number of hydrogen-bond donors (Lipinski definition) is 0. The predicted molar refractivity (Wildman–Crippen MR) is 140 cm³/mol. The molecule has 0 aromatic carbocycles. The Morgan fingerprint density at radius 3 is 1.10 bits per heavy atom. The summed E-state index contributed by atoms with van der Waals surface area (Å²) in [4.78, 5) is 0. The first-order valence-corrected chi connectivity index (χ1v) is 12.8. The van der Waals surface area contributed by atoms with Gasteiger partial charge < -0.3 is 0 Å². The van der Waals surface area contributed by atoms with Gasteiger partial charge in [0, 0.05) is 0 Å². The third-order valence-corrected chi connectivity index (χ3v) is 5.92. The van der Waals surface area contributed by atoms with Crippen LogP contribution in [0.3, 0.4) is 0 Å². The van der Waals surface area contributed by atoms with Crippen molar-refractivity contribution in [3.8, 4) is 0 Å². The first kappa shape index (κ1) is 29.0. The van der Waals surface area contributed by atoms with E-state index in [0.717, 1.165) is 11.8 Å². The van der Waals surface area contributed by atoms with Crippen molar-refractivity contribution in [1.82, 2.24) is 0 Å². The molecule has 0 atom stereocenters. The Hall–Kier alpha value is -1.04. The van der Waals surface area contributed by atoms with Gasteiger partial charge in [-0.2, -0.15) is 0 Å². The minimum absolute atomic E-state index is 0.834. The maximum atomic E-state index is 2.46. The quantitative estimate of drug-likeness (QED) is 0.164. The van der Waals surface area contributed by atoms with Crippen molar-refractivity contribution in [3.05, 3.63) is 46.6 Å². The predicted octanol–water partition coefficient (Wildman–Crippen LogP) is 10.8. The highest BCUT2D eigenvalue weighted by Gasteiger charge is 1.97. The Bertz CT molecular complexity index is 486. The van der Waals surface area contributed by atoms with Gasteiger partial charge in [0.2, 0.25) is 0 Å². The SMILES string of the molecule is C/C(=C/CC/C(C)=C/CC/C=C(\C)CC/C=C(\C)CCCC(C)C)CCCC(C)C. The van der Waals surface area contributed by atoms with Crippen molar-refractivity contribution in [1.29, 1.82) is 0 Å². The number of allylic oxidation sites excluding steroid dienone is 8. The summed E-state index contributed by atoms with van der Waals surface area (Å²) in [5.41, 5.74) is 6.25. The maximum Gasteiger partial charge on any atom is -0.0288 e. The van der Waals surface area contributed by atoms with Crippen molar-refractivity contribution in [2.24, 2.45) is 11.8 Å². The van der Waals surface area contributed by atoms with Gasteiger partial charge in [-0.1, -0.05) is 87.1 Å². The molecule has 0 spiro atoms. The molecule has 0 fully saturated rings. The van der Waals surface area contributed by atoms with E-state index >= 15 is 0 Å². The summed E-state index contributed by atoms with van der Waals surface area (Å²) >= 11 is 0. The fourth-order valence-corrected chi connectivity index (χ4v) is 3.74. The minimum atomic E-state index is 0.834. The van der Waals surface area contributed by atoms with E-state index in [1.165, 1.54) is 77.0 Å². The molecule has 0 heteroatoms. The molecule has 0 aliphatic heterocycles. The molecule has 174 valence electrons. The first-order chi connectivity index (χ1) is 14.2. The zero-order valence-corrected chi connectivity index (χ0v) is 21.9. The van der Waals surface area contributed by atoms with E-state index in [1.807, 2.05) is 0 Å². The van der Waals surface area contributed by atoms with Gasteiger partial charge in [0.25, 0.3) is 0 Å². The van der Waals surface area contributed by atoms with Crippen LogP contribution in [0.4, 0.5) is 0 Å². The lowest BCUT2D eigenvalue weighted by Crippen LogP contribution is -1.88. The molecule has 0 aromatic rings.